The van der Waals surface area contributed by atoms with Gasteiger partial charge in [0.1, 0.15) is 6.07 Å². The van der Waals surface area contributed by atoms with Crippen LogP contribution in [-0.4, -0.2) is 18.1 Å². The summed E-state index contributed by atoms with van der Waals surface area (Å²) in [6.45, 7) is 4.19. The van der Waals surface area contributed by atoms with Gasteiger partial charge in [0.15, 0.2) is 0 Å². The Hall–Kier alpha value is -1.56. The number of nitriles is 1. The van der Waals surface area contributed by atoms with Crippen LogP contribution in [0.4, 0.5) is 5.69 Å². The zero-order chi connectivity index (χ0) is 9.84. The van der Waals surface area contributed by atoms with Gasteiger partial charge in [0.05, 0.1) is 17.4 Å². The summed E-state index contributed by atoms with van der Waals surface area (Å²) in [6.07, 6.45) is 3.33. The molecule has 1 aromatic heterocycles. The minimum Gasteiger partial charge on any atom is -0.371 e. The van der Waals surface area contributed by atoms with E-state index in [0.717, 1.165) is 5.69 Å². The molecule has 68 valence electrons. The minimum absolute atomic E-state index is 0.413. The molecule has 0 aromatic carbocycles. The van der Waals surface area contributed by atoms with Crippen molar-refractivity contribution in [1.29, 1.82) is 5.26 Å². The number of hydrogen-bond acceptors (Lipinski definition) is 3. The summed E-state index contributed by atoms with van der Waals surface area (Å²) in [6, 6.07) is 4.32. The van der Waals surface area contributed by atoms with Crippen molar-refractivity contribution in [1.82, 2.24) is 4.98 Å². The lowest BCUT2D eigenvalue weighted by Crippen LogP contribution is -2.25. The second-order valence-corrected chi connectivity index (χ2v) is 3.25. The number of rotatable bonds is 2. The molecule has 0 atom stereocenters. The van der Waals surface area contributed by atoms with Crippen LogP contribution in [0.3, 0.4) is 0 Å². The van der Waals surface area contributed by atoms with Gasteiger partial charge in [-0.25, -0.2) is 0 Å². The molecule has 3 nitrogen and oxygen atoms in total. The second kappa shape index (κ2) is 3.90. The molecule has 0 bridgehead atoms. The van der Waals surface area contributed by atoms with Crippen LogP contribution in [0.25, 0.3) is 0 Å². The molecule has 0 fully saturated rings. The van der Waals surface area contributed by atoms with E-state index in [0.29, 0.717) is 11.6 Å². The van der Waals surface area contributed by atoms with E-state index in [9.17, 15) is 0 Å². The molecule has 0 saturated heterocycles. The number of anilines is 1. The highest BCUT2D eigenvalue weighted by atomic mass is 15.1. The Morgan fingerprint density at radius 3 is 2.69 bits per heavy atom. The van der Waals surface area contributed by atoms with Crippen molar-refractivity contribution in [3.05, 3.63) is 24.0 Å². The molecule has 1 aromatic rings. The van der Waals surface area contributed by atoms with E-state index in [1.165, 1.54) is 0 Å². The maximum atomic E-state index is 8.67. The molecule has 0 aliphatic heterocycles. The van der Waals surface area contributed by atoms with E-state index in [1.807, 2.05) is 13.1 Å². The van der Waals surface area contributed by atoms with Gasteiger partial charge in [-0.1, -0.05) is 0 Å². The van der Waals surface area contributed by atoms with E-state index < -0.39 is 0 Å². The third-order valence-electron chi connectivity index (χ3n) is 2.03. The Kier molecular flexibility index (Phi) is 2.86. The highest BCUT2D eigenvalue weighted by molar-refractivity contribution is 5.48. The maximum absolute atomic E-state index is 8.67. The third-order valence-corrected chi connectivity index (χ3v) is 2.03. The highest BCUT2D eigenvalue weighted by Gasteiger charge is 2.05. The lowest BCUT2D eigenvalue weighted by atomic mass is 10.2. The summed E-state index contributed by atoms with van der Waals surface area (Å²) < 4.78 is 0. The van der Waals surface area contributed by atoms with Crippen LogP contribution >= 0.6 is 0 Å². The standard InChI is InChI=1S/C10H13N3/c1-8(2)13(3)10-4-9(5-11)6-12-7-10/h4,6-8H,1-3H3. The molecule has 0 N–H and O–H groups in total. The van der Waals surface area contributed by atoms with Gasteiger partial charge in [-0.05, 0) is 19.9 Å². The molecule has 13 heavy (non-hydrogen) atoms. The van der Waals surface area contributed by atoms with E-state index in [-0.39, 0.29) is 0 Å². The molecule has 1 heterocycles. The predicted octanol–water partition coefficient (Wildman–Crippen LogP) is 1.80. The topological polar surface area (TPSA) is 39.9 Å². The fraction of sp³-hybridized carbons (Fsp3) is 0.400. The zero-order valence-corrected chi connectivity index (χ0v) is 8.15. The Balaban J connectivity index is 2.96. The predicted molar refractivity (Wildman–Crippen MR) is 52.5 cm³/mol. The largest absolute Gasteiger partial charge is 0.371 e. The average molecular weight is 175 g/mol. The number of nitrogens with zero attached hydrogens (tertiary/aromatic N) is 3. The Morgan fingerprint density at radius 1 is 1.46 bits per heavy atom. The lowest BCUT2D eigenvalue weighted by molar-refractivity contribution is 0.753. The van der Waals surface area contributed by atoms with Crippen molar-refractivity contribution >= 4 is 5.69 Å². The monoisotopic (exact) mass is 175 g/mol. The maximum Gasteiger partial charge on any atom is 0.101 e. The van der Waals surface area contributed by atoms with Crippen molar-refractivity contribution in [2.45, 2.75) is 19.9 Å². The normalized spacial score (nSPS) is 9.77. The van der Waals surface area contributed by atoms with Crippen molar-refractivity contribution in [2.75, 3.05) is 11.9 Å². The first-order valence-electron chi connectivity index (χ1n) is 4.23. The Morgan fingerprint density at radius 2 is 2.15 bits per heavy atom. The summed E-state index contributed by atoms with van der Waals surface area (Å²) in [7, 11) is 1.99. The van der Waals surface area contributed by atoms with Crippen molar-refractivity contribution < 1.29 is 0 Å². The molecular formula is C10H13N3. The van der Waals surface area contributed by atoms with Crippen molar-refractivity contribution in [3.8, 4) is 6.07 Å². The zero-order valence-electron chi connectivity index (χ0n) is 8.15. The number of aromatic nitrogens is 1. The molecule has 1 rings (SSSR count). The van der Waals surface area contributed by atoms with Crippen LogP contribution < -0.4 is 4.90 Å². The molecule has 0 radical (unpaired) electrons. The minimum atomic E-state index is 0.413. The molecule has 0 aliphatic carbocycles. The van der Waals surface area contributed by atoms with Crippen LogP contribution in [0, 0.1) is 11.3 Å². The van der Waals surface area contributed by atoms with Gasteiger partial charge in [-0.15, -0.1) is 0 Å². The number of pyridine rings is 1. The van der Waals surface area contributed by atoms with Gasteiger partial charge in [0, 0.05) is 19.3 Å². The molecular weight excluding hydrogens is 162 g/mol. The smallest absolute Gasteiger partial charge is 0.101 e. The highest BCUT2D eigenvalue weighted by Crippen LogP contribution is 2.14. The van der Waals surface area contributed by atoms with E-state index in [2.05, 4.69) is 29.8 Å². The fourth-order valence-electron chi connectivity index (χ4n) is 0.980. The quantitative estimate of drug-likeness (QED) is 0.688. The first-order chi connectivity index (χ1) is 6.15. The molecule has 0 amide bonds. The summed E-state index contributed by atoms with van der Waals surface area (Å²) in [5.74, 6) is 0. The van der Waals surface area contributed by atoms with Crippen LogP contribution in [0.2, 0.25) is 0 Å². The van der Waals surface area contributed by atoms with Crippen molar-refractivity contribution in [3.63, 3.8) is 0 Å². The molecule has 3 heteroatoms. The van der Waals surface area contributed by atoms with Crippen LogP contribution in [0.5, 0.6) is 0 Å². The van der Waals surface area contributed by atoms with Crippen LogP contribution in [0.15, 0.2) is 18.5 Å². The number of hydrogen-bond donors (Lipinski definition) is 0. The summed E-state index contributed by atoms with van der Waals surface area (Å²) >= 11 is 0. The SMILES string of the molecule is CC(C)N(C)c1cncc(C#N)c1. The van der Waals surface area contributed by atoms with Crippen molar-refractivity contribution in [2.24, 2.45) is 0 Å². The molecule has 0 unspecified atom stereocenters. The second-order valence-electron chi connectivity index (χ2n) is 3.25. The average Bonchev–Trinajstić information content (AvgIpc) is 2.16. The van der Waals surface area contributed by atoms with Gasteiger partial charge < -0.3 is 4.90 Å². The molecule has 0 saturated carbocycles. The summed E-state index contributed by atoms with van der Waals surface area (Å²) in [4.78, 5) is 6.07. The molecule has 0 aliphatic rings. The summed E-state index contributed by atoms with van der Waals surface area (Å²) in [5.41, 5.74) is 1.58. The van der Waals surface area contributed by atoms with Gasteiger partial charge >= 0.3 is 0 Å². The third kappa shape index (κ3) is 2.19. The van der Waals surface area contributed by atoms with E-state index in [4.69, 9.17) is 5.26 Å². The van der Waals surface area contributed by atoms with Gasteiger partial charge in [-0.2, -0.15) is 5.26 Å². The van der Waals surface area contributed by atoms with Crippen LogP contribution in [-0.2, 0) is 0 Å². The van der Waals surface area contributed by atoms with E-state index in [1.54, 1.807) is 12.4 Å². The van der Waals surface area contributed by atoms with Gasteiger partial charge in [-0.3, -0.25) is 4.98 Å². The lowest BCUT2D eigenvalue weighted by Gasteiger charge is -2.23. The summed E-state index contributed by atoms with van der Waals surface area (Å²) in [5, 5.41) is 8.67. The first kappa shape index (κ1) is 9.53. The molecule has 0 spiro atoms. The first-order valence-corrected chi connectivity index (χ1v) is 4.23. The van der Waals surface area contributed by atoms with Gasteiger partial charge in [0.25, 0.3) is 0 Å². The Labute approximate surface area is 78.6 Å². The van der Waals surface area contributed by atoms with Crippen LogP contribution in [0.1, 0.15) is 19.4 Å². The Bertz CT molecular complexity index is 325. The van der Waals surface area contributed by atoms with E-state index >= 15 is 0 Å². The fourth-order valence-corrected chi connectivity index (χ4v) is 0.980. The van der Waals surface area contributed by atoms with Gasteiger partial charge in [0.2, 0.25) is 0 Å².